The molecule has 0 radical (unpaired) electrons. The number of hydrogen-bond donors (Lipinski definition) is 1. The number of nitriles is 1. The minimum absolute atomic E-state index is 0.0195. The van der Waals surface area contributed by atoms with Crippen LogP contribution in [0.5, 0.6) is 0 Å². The molecule has 0 spiro atoms. The van der Waals surface area contributed by atoms with Crippen molar-refractivity contribution in [3.8, 4) is 6.07 Å². The molecule has 0 bridgehead atoms. The summed E-state index contributed by atoms with van der Waals surface area (Å²) in [6.45, 7) is 6.23. The number of fused-ring (bicyclic) bond motifs is 5. The van der Waals surface area contributed by atoms with Gasteiger partial charge in [0, 0.05) is 18.9 Å². The van der Waals surface area contributed by atoms with E-state index in [0.29, 0.717) is 23.7 Å². The minimum Gasteiger partial charge on any atom is -0.462 e. The van der Waals surface area contributed by atoms with Gasteiger partial charge in [0.15, 0.2) is 0 Å². The van der Waals surface area contributed by atoms with Crippen molar-refractivity contribution in [1.82, 2.24) is 0 Å². The summed E-state index contributed by atoms with van der Waals surface area (Å²) in [5.41, 5.74) is 1.39. The van der Waals surface area contributed by atoms with Gasteiger partial charge < -0.3 is 9.84 Å². The van der Waals surface area contributed by atoms with Gasteiger partial charge in [0.25, 0.3) is 0 Å². The number of carbonyl (C=O) groups is 1. The zero-order valence-electron chi connectivity index (χ0n) is 16.9. The molecule has 8 atom stereocenters. The lowest BCUT2D eigenvalue weighted by Crippen LogP contribution is -2.59. The number of carbonyl (C=O) groups excluding carboxylic acids is 1. The van der Waals surface area contributed by atoms with E-state index < -0.39 is 0 Å². The van der Waals surface area contributed by atoms with Crippen molar-refractivity contribution in [2.45, 2.75) is 84.3 Å². The van der Waals surface area contributed by atoms with E-state index in [4.69, 9.17) is 4.74 Å². The van der Waals surface area contributed by atoms with Gasteiger partial charge in [-0.05, 0) is 80.0 Å². The summed E-state index contributed by atoms with van der Waals surface area (Å²) in [6.07, 6.45) is 9.65. The number of allylic oxidation sites excluding steroid dienone is 2. The number of hydrogen-bond acceptors (Lipinski definition) is 4. The van der Waals surface area contributed by atoms with E-state index in [1.54, 1.807) is 6.08 Å². The molecular weight excluding hydrogens is 338 g/mol. The Bertz CT molecular complexity index is 694. The second-order valence-electron chi connectivity index (χ2n) is 10.1. The van der Waals surface area contributed by atoms with Gasteiger partial charge in [-0.15, -0.1) is 0 Å². The quantitative estimate of drug-likeness (QED) is 0.548. The van der Waals surface area contributed by atoms with E-state index in [1.807, 2.05) is 0 Å². The molecule has 8 unspecified atom stereocenters. The summed E-state index contributed by atoms with van der Waals surface area (Å²) >= 11 is 0. The Morgan fingerprint density at radius 3 is 2.78 bits per heavy atom. The van der Waals surface area contributed by atoms with Crippen LogP contribution in [0.15, 0.2) is 11.6 Å². The molecule has 0 aromatic rings. The molecule has 0 amide bonds. The Balaban J connectivity index is 1.74. The third-order valence-corrected chi connectivity index (χ3v) is 8.95. The second-order valence-corrected chi connectivity index (χ2v) is 10.1. The van der Waals surface area contributed by atoms with Gasteiger partial charge in [0.05, 0.1) is 12.2 Å². The molecule has 4 nitrogen and oxygen atoms in total. The average molecular weight is 372 g/mol. The maximum absolute atomic E-state index is 12.0. The number of esters is 1. The van der Waals surface area contributed by atoms with Crippen LogP contribution in [0.1, 0.15) is 72.1 Å². The van der Waals surface area contributed by atoms with Gasteiger partial charge >= 0.3 is 5.97 Å². The van der Waals surface area contributed by atoms with Crippen molar-refractivity contribution in [2.75, 3.05) is 0 Å². The van der Waals surface area contributed by atoms with E-state index in [9.17, 15) is 15.2 Å². The molecule has 0 aliphatic heterocycles. The number of aliphatic hydroxyl groups is 1. The first-order valence-electron chi connectivity index (χ1n) is 10.7. The van der Waals surface area contributed by atoms with Crippen molar-refractivity contribution in [3.05, 3.63) is 11.6 Å². The van der Waals surface area contributed by atoms with Crippen LogP contribution in [0.2, 0.25) is 0 Å². The van der Waals surface area contributed by atoms with Crippen LogP contribution in [0.4, 0.5) is 0 Å². The summed E-state index contributed by atoms with van der Waals surface area (Å²) in [5, 5.41) is 19.5. The lowest BCUT2D eigenvalue weighted by Gasteiger charge is -2.62. The van der Waals surface area contributed by atoms with Crippen LogP contribution in [0.3, 0.4) is 0 Å². The van der Waals surface area contributed by atoms with Crippen molar-refractivity contribution in [2.24, 2.45) is 34.5 Å². The SMILES string of the molecule is CC(=O)OC1CC2(C)C(=CC#N)CCC2C2CCC3CC(O)CCC3(C)C12. The smallest absolute Gasteiger partial charge is 0.302 e. The van der Waals surface area contributed by atoms with E-state index in [0.717, 1.165) is 44.9 Å². The summed E-state index contributed by atoms with van der Waals surface area (Å²) in [5.74, 6) is 1.85. The summed E-state index contributed by atoms with van der Waals surface area (Å²) < 4.78 is 5.99. The molecule has 4 heteroatoms. The van der Waals surface area contributed by atoms with E-state index >= 15 is 0 Å². The standard InChI is InChI=1S/C23H33NO3/c1-14(25)27-20-13-23(3)15(9-11-24)5-7-19(23)18-6-4-16-12-17(26)8-10-22(16,2)21(18)20/h9,16-21,26H,4-8,10,12-13H2,1-3H3. The molecule has 0 aromatic heterocycles. The Morgan fingerprint density at radius 1 is 1.30 bits per heavy atom. The molecule has 4 aliphatic rings. The van der Waals surface area contributed by atoms with Gasteiger partial charge in [0.2, 0.25) is 0 Å². The highest BCUT2D eigenvalue weighted by Gasteiger charge is 2.63. The van der Waals surface area contributed by atoms with Crippen molar-refractivity contribution >= 4 is 5.97 Å². The van der Waals surface area contributed by atoms with Gasteiger partial charge in [-0.1, -0.05) is 19.4 Å². The zero-order chi connectivity index (χ0) is 19.4. The van der Waals surface area contributed by atoms with Crippen LogP contribution in [0.25, 0.3) is 0 Å². The van der Waals surface area contributed by atoms with Crippen LogP contribution in [-0.2, 0) is 9.53 Å². The van der Waals surface area contributed by atoms with E-state index in [-0.39, 0.29) is 29.0 Å². The Labute approximate surface area is 163 Å². The molecule has 0 aromatic carbocycles. The third-order valence-electron chi connectivity index (χ3n) is 8.95. The molecule has 4 aliphatic carbocycles. The first kappa shape index (κ1) is 19.0. The number of aliphatic hydroxyl groups excluding tert-OH is 1. The number of nitrogens with zero attached hydrogens (tertiary/aromatic N) is 1. The van der Waals surface area contributed by atoms with Gasteiger partial charge in [0.1, 0.15) is 6.10 Å². The van der Waals surface area contributed by atoms with Crippen LogP contribution >= 0.6 is 0 Å². The van der Waals surface area contributed by atoms with Crippen LogP contribution < -0.4 is 0 Å². The first-order chi connectivity index (χ1) is 12.8. The van der Waals surface area contributed by atoms with E-state index in [1.165, 1.54) is 18.9 Å². The van der Waals surface area contributed by atoms with Crippen molar-refractivity contribution in [3.63, 3.8) is 0 Å². The highest BCUT2D eigenvalue weighted by atomic mass is 16.5. The summed E-state index contributed by atoms with van der Waals surface area (Å²) in [7, 11) is 0. The number of rotatable bonds is 1. The number of ether oxygens (including phenoxy) is 1. The maximum atomic E-state index is 12.0. The fourth-order valence-electron chi connectivity index (χ4n) is 7.81. The van der Waals surface area contributed by atoms with Gasteiger partial charge in [-0.3, -0.25) is 4.79 Å². The van der Waals surface area contributed by atoms with Crippen LogP contribution in [-0.4, -0.2) is 23.3 Å². The summed E-state index contributed by atoms with van der Waals surface area (Å²) in [6, 6.07) is 2.26. The molecule has 0 heterocycles. The normalized spacial score (nSPS) is 50.3. The molecule has 4 saturated carbocycles. The topological polar surface area (TPSA) is 70.3 Å². The Morgan fingerprint density at radius 2 is 2.07 bits per heavy atom. The zero-order valence-corrected chi connectivity index (χ0v) is 16.9. The molecular formula is C23H33NO3. The van der Waals surface area contributed by atoms with Gasteiger partial charge in [-0.2, -0.15) is 5.26 Å². The average Bonchev–Trinajstić information content (AvgIpc) is 2.91. The lowest BCUT2D eigenvalue weighted by atomic mass is 9.44. The minimum atomic E-state index is -0.189. The largest absolute Gasteiger partial charge is 0.462 e. The Hall–Kier alpha value is -1.34. The second kappa shape index (κ2) is 6.62. The first-order valence-corrected chi connectivity index (χ1v) is 10.7. The monoisotopic (exact) mass is 371 g/mol. The molecule has 27 heavy (non-hydrogen) atoms. The molecule has 1 N–H and O–H groups in total. The lowest BCUT2D eigenvalue weighted by molar-refractivity contribution is -0.191. The van der Waals surface area contributed by atoms with Crippen molar-refractivity contribution < 1.29 is 14.6 Å². The van der Waals surface area contributed by atoms with Crippen molar-refractivity contribution in [1.29, 1.82) is 5.26 Å². The fourth-order valence-corrected chi connectivity index (χ4v) is 7.81. The Kier molecular flexibility index (Phi) is 4.66. The maximum Gasteiger partial charge on any atom is 0.302 e. The molecule has 148 valence electrons. The van der Waals surface area contributed by atoms with Gasteiger partial charge in [-0.25, -0.2) is 0 Å². The predicted octanol–water partition coefficient (Wildman–Crippen LogP) is 4.38. The molecule has 4 rings (SSSR count). The predicted molar refractivity (Wildman–Crippen MR) is 102 cm³/mol. The molecule has 0 saturated heterocycles. The highest BCUT2D eigenvalue weighted by molar-refractivity contribution is 5.66. The van der Waals surface area contributed by atoms with E-state index in [2.05, 4.69) is 19.9 Å². The fraction of sp³-hybridized carbons (Fsp3) is 0.826. The highest BCUT2D eigenvalue weighted by Crippen LogP contribution is 2.67. The summed E-state index contributed by atoms with van der Waals surface area (Å²) in [4.78, 5) is 12.0. The molecule has 4 fully saturated rings. The third kappa shape index (κ3) is 2.85. The van der Waals surface area contributed by atoms with Crippen LogP contribution in [0, 0.1) is 45.8 Å².